The van der Waals surface area contributed by atoms with Crippen LogP contribution in [0.25, 0.3) is 0 Å². The van der Waals surface area contributed by atoms with Crippen LogP contribution in [0.2, 0.25) is 0 Å². The van der Waals surface area contributed by atoms with Crippen molar-refractivity contribution in [2.24, 2.45) is 0 Å². The molecule has 0 aromatic carbocycles. The number of hydrogen-bond donors (Lipinski definition) is 2. The molecule has 1 aromatic rings. The molecule has 0 aliphatic carbocycles. The lowest BCUT2D eigenvalue weighted by Crippen LogP contribution is -1.84. The van der Waals surface area contributed by atoms with E-state index in [-0.39, 0.29) is 0 Å². The minimum atomic E-state index is 0.506. The molecule has 2 N–H and O–H groups in total. The molecule has 0 atom stereocenters. The van der Waals surface area contributed by atoms with Crippen molar-refractivity contribution in [3.05, 3.63) is 12.0 Å². The molecule has 0 radical (unpaired) electrons. The fraction of sp³-hybridized carbons (Fsp3) is 0.250. The Labute approximate surface area is 52.3 Å². The van der Waals surface area contributed by atoms with Crippen molar-refractivity contribution >= 4 is 18.3 Å². The van der Waals surface area contributed by atoms with Gasteiger partial charge in [0.05, 0.1) is 17.6 Å². The van der Waals surface area contributed by atoms with E-state index in [0.717, 1.165) is 0 Å². The van der Waals surface area contributed by atoms with Crippen molar-refractivity contribution in [3.63, 3.8) is 0 Å². The second-order valence-electron chi connectivity index (χ2n) is 1.36. The summed E-state index contributed by atoms with van der Waals surface area (Å²) in [7, 11) is 0. The van der Waals surface area contributed by atoms with Gasteiger partial charge < -0.3 is 10.3 Å². The van der Waals surface area contributed by atoms with Crippen LogP contribution in [0.15, 0.2) is 10.7 Å². The molecule has 4 heteroatoms. The Morgan fingerprint density at radius 3 is 2.88 bits per heavy atom. The topological polar surface area (TPSA) is 52.0 Å². The monoisotopic (exact) mass is 130 g/mol. The van der Waals surface area contributed by atoms with Gasteiger partial charge in [0.15, 0.2) is 5.76 Å². The molecule has 3 nitrogen and oxygen atoms in total. The van der Waals surface area contributed by atoms with Gasteiger partial charge in [-0.05, 0) is 0 Å². The number of nitrogen functional groups attached to an aromatic ring is 1. The molecule has 0 saturated carbocycles. The Kier molecular flexibility index (Phi) is 1.43. The average molecular weight is 130 g/mol. The highest BCUT2D eigenvalue weighted by Gasteiger charge is 1.98. The summed E-state index contributed by atoms with van der Waals surface area (Å²) in [4.78, 5) is 0. The van der Waals surface area contributed by atoms with Gasteiger partial charge in [-0.15, -0.1) is 0 Å². The summed E-state index contributed by atoms with van der Waals surface area (Å²) in [5.74, 6) is 1.14. The van der Waals surface area contributed by atoms with Gasteiger partial charge in [-0.2, -0.15) is 12.6 Å². The van der Waals surface area contributed by atoms with Crippen molar-refractivity contribution in [3.8, 4) is 0 Å². The van der Waals surface area contributed by atoms with Crippen LogP contribution < -0.4 is 5.73 Å². The highest BCUT2D eigenvalue weighted by Crippen LogP contribution is 2.10. The molecule has 1 rings (SSSR count). The van der Waals surface area contributed by atoms with Crippen LogP contribution in [0.3, 0.4) is 0 Å². The van der Waals surface area contributed by atoms with E-state index in [9.17, 15) is 0 Å². The summed E-state index contributed by atoms with van der Waals surface area (Å²) in [5, 5.41) is 3.44. The van der Waals surface area contributed by atoms with Gasteiger partial charge in [-0.3, -0.25) is 0 Å². The molecule has 1 heterocycles. The summed E-state index contributed by atoms with van der Waals surface area (Å²) in [6.45, 7) is 0. The third-order valence-electron chi connectivity index (χ3n) is 0.820. The van der Waals surface area contributed by atoms with Crippen LogP contribution in [0.5, 0.6) is 0 Å². The number of anilines is 1. The summed E-state index contributed by atoms with van der Waals surface area (Å²) in [6, 6.07) is 0. The zero-order valence-electron chi connectivity index (χ0n) is 4.16. The van der Waals surface area contributed by atoms with E-state index in [4.69, 9.17) is 5.73 Å². The van der Waals surface area contributed by atoms with E-state index < -0.39 is 0 Å². The first-order valence-corrected chi connectivity index (χ1v) is 2.77. The summed E-state index contributed by atoms with van der Waals surface area (Å²) < 4.78 is 4.66. The predicted molar refractivity (Wildman–Crippen MR) is 33.6 cm³/mol. The summed E-state index contributed by atoms with van der Waals surface area (Å²) in [6.07, 6.45) is 1.46. The molecule has 0 fully saturated rings. The first-order chi connectivity index (χ1) is 3.84. The van der Waals surface area contributed by atoms with Gasteiger partial charge in [-0.1, -0.05) is 5.16 Å². The van der Waals surface area contributed by atoms with Crippen molar-refractivity contribution in [2.45, 2.75) is 5.75 Å². The standard InChI is InChI=1S/C4H6N2OS/c5-3-1-6-7-4(3)2-8/h1,8H,2,5H2. The quantitative estimate of drug-likeness (QED) is 0.550. The second-order valence-corrected chi connectivity index (χ2v) is 1.68. The Bertz CT molecular complexity index is 174. The highest BCUT2D eigenvalue weighted by atomic mass is 32.1. The largest absolute Gasteiger partial charge is 0.395 e. The van der Waals surface area contributed by atoms with Crippen molar-refractivity contribution in [2.75, 3.05) is 5.73 Å². The van der Waals surface area contributed by atoms with Crippen LogP contribution >= 0.6 is 12.6 Å². The van der Waals surface area contributed by atoms with E-state index in [0.29, 0.717) is 17.2 Å². The molecular formula is C4H6N2OS. The van der Waals surface area contributed by atoms with Crippen LogP contribution in [-0.4, -0.2) is 5.16 Å². The fourth-order valence-electron chi connectivity index (χ4n) is 0.392. The van der Waals surface area contributed by atoms with E-state index in [1.165, 1.54) is 6.20 Å². The number of rotatable bonds is 1. The lowest BCUT2D eigenvalue weighted by Gasteiger charge is -1.83. The first kappa shape index (κ1) is 5.50. The lowest BCUT2D eigenvalue weighted by atomic mass is 10.4. The number of hydrogen-bond acceptors (Lipinski definition) is 4. The smallest absolute Gasteiger partial charge is 0.169 e. The van der Waals surface area contributed by atoms with E-state index >= 15 is 0 Å². The van der Waals surface area contributed by atoms with Crippen LogP contribution in [0, 0.1) is 0 Å². The Morgan fingerprint density at radius 1 is 1.88 bits per heavy atom. The predicted octanol–water partition coefficient (Wildman–Crippen LogP) is 0.687. The first-order valence-electron chi connectivity index (χ1n) is 2.14. The van der Waals surface area contributed by atoms with Crippen molar-refractivity contribution in [1.29, 1.82) is 0 Å². The van der Waals surface area contributed by atoms with E-state index in [2.05, 4.69) is 22.3 Å². The Hall–Kier alpha value is -0.640. The maximum absolute atomic E-state index is 5.35. The third-order valence-corrected chi connectivity index (χ3v) is 1.11. The van der Waals surface area contributed by atoms with Gasteiger partial charge in [0, 0.05) is 0 Å². The molecule has 0 amide bonds. The maximum atomic E-state index is 5.35. The number of nitrogens with zero attached hydrogens (tertiary/aromatic N) is 1. The molecule has 0 aliphatic heterocycles. The zero-order valence-corrected chi connectivity index (χ0v) is 5.06. The SMILES string of the molecule is Nc1cnoc1CS. The van der Waals surface area contributed by atoms with Crippen LogP contribution in [0.4, 0.5) is 5.69 Å². The molecule has 0 saturated heterocycles. The number of aromatic nitrogens is 1. The lowest BCUT2D eigenvalue weighted by molar-refractivity contribution is 0.396. The molecule has 0 bridgehead atoms. The number of thiol groups is 1. The van der Waals surface area contributed by atoms with Crippen LogP contribution in [-0.2, 0) is 5.75 Å². The molecule has 0 spiro atoms. The van der Waals surface area contributed by atoms with Gasteiger partial charge in [-0.25, -0.2) is 0 Å². The van der Waals surface area contributed by atoms with Crippen molar-refractivity contribution in [1.82, 2.24) is 5.16 Å². The third kappa shape index (κ3) is 0.790. The fourth-order valence-corrected chi connectivity index (χ4v) is 0.632. The Balaban J connectivity index is 2.92. The molecule has 1 aromatic heterocycles. The highest BCUT2D eigenvalue weighted by molar-refractivity contribution is 7.79. The van der Waals surface area contributed by atoms with E-state index in [1.807, 2.05) is 0 Å². The molecule has 44 valence electrons. The maximum Gasteiger partial charge on any atom is 0.169 e. The molecule has 0 unspecified atom stereocenters. The number of nitrogens with two attached hydrogens (primary N) is 1. The van der Waals surface area contributed by atoms with Crippen molar-refractivity contribution < 1.29 is 4.52 Å². The van der Waals surface area contributed by atoms with E-state index in [1.54, 1.807) is 0 Å². The Morgan fingerprint density at radius 2 is 2.62 bits per heavy atom. The normalized spacial score (nSPS) is 9.62. The summed E-state index contributed by atoms with van der Waals surface area (Å²) >= 11 is 3.93. The van der Waals surface area contributed by atoms with Gasteiger partial charge >= 0.3 is 0 Å². The second kappa shape index (κ2) is 2.09. The molecule has 8 heavy (non-hydrogen) atoms. The molecular weight excluding hydrogens is 124 g/mol. The molecule has 0 aliphatic rings. The average Bonchev–Trinajstić information content (AvgIpc) is 2.14. The minimum absolute atomic E-state index is 0.506. The summed E-state index contributed by atoms with van der Waals surface area (Å²) in [5.41, 5.74) is 5.92. The minimum Gasteiger partial charge on any atom is -0.395 e. The zero-order chi connectivity index (χ0) is 5.98. The van der Waals surface area contributed by atoms with Gasteiger partial charge in [0.2, 0.25) is 0 Å². The van der Waals surface area contributed by atoms with Crippen LogP contribution in [0.1, 0.15) is 5.76 Å². The van der Waals surface area contributed by atoms with Gasteiger partial charge in [0.1, 0.15) is 0 Å². The van der Waals surface area contributed by atoms with Gasteiger partial charge in [0.25, 0.3) is 0 Å².